The molecule has 0 fully saturated rings. The highest BCUT2D eigenvalue weighted by Crippen LogP contribution is 2.27. The first-order chi connectivity index (χ1) is 10.2. The monoisotopic (exact) mass is 277 g/mol. The van der Waals surface area contributed by atoms with Crippen molar-refractivity contribution < 1.29 is 4.42 Å². The number of hydrogen-bond donors (Lipinski definition) is 2. The smallest absolute Gasteiger partial charge is 0.136 e. The van der Waals surface area contributed by atoms with E-state index in [1.807, 2.05) is 37.3 Å². The van der Waals surface area contributed by atoms with Gasteiger partial charge in [-0.2, -0.15) is 5.26 Å². The van der Waals surface area contributed by atoms with Crippen LogP contribution in [0.15, 0.2) is 46.9 Å². The fraction of sp³-hybridized carbons (Fsp3) is 0.118. The SMILES string of the molecule is Cc1c(CNc2ccc(C#N)cc2)oc2cc(N)ccc12. The lowest BCUT2D eigenvalue weighted by Crippen LogP contribution is -1.99. The van der Waals surface area contributed by atoms with Crippen molar-refractivity contribution in [3.63, 3.8) is 0 Å². The second kappa shape index (κ2) is 5.22. The molecule has 0 aliphatic carbocycles. The summed E-state index contributed by atoms with van der Waals surface area (Å²) in [6.45, 7) is 2.63. The Labute approximate surface area is 122 Å². The summed E-state index contributed by atoms with van der Waals surface area (Å²) in [5, 5.41) is 13.2. The zero-order chi connectivity index (χ0) is 14.8. The van der Waals surface area contributed by atoms with E-state index in [1.54, 1.807) is 12.1 Å². The van der Waals surface area contributed by atoms with Crippen molar-refractivity contribution in [3.8, 4) is 6.07 Å². The van der Waals surface area contributed by atoms with Crippen LogP contribution in [0.3, 0.4) is 0 Å². The number of benzene rings is 2. The third-order valence-electron chi connectivity index (χ3n) is 3.53. The molecule has 0 radical (unpaired) electrons. The van der Waals surface area contributed by atoms with Gasteiger partial charge in [-0.05, 0) is 43.3 Å². The van der Waals surface area contributed by atoms with Crippen molar-refractivity contribution in [1.82, 2.24) is 0 Å². The van der Waals surface area contributed by atoms with Gasteiger partial charge in [-0.3, -0.25) is 0 Å². The lowest BCUT2D eigenvalue weighted by molar-refractivity contribution is 0.556. The average molecular weight is 277 g/mol. The summed E-state index contributed by atoms with van der Waals surface area (Å²) in [5.74, 6) is 0.889. The Morgan fingerprint density at radius 3 is 2.67 bits per heavy atom. The van der Waals surface area contributed by atoms with E-state index in [4.69, 9.17) is 15.4 Å². The Morgan fingerprint density at radius 2 is 1.95 bits per heavy atom. The molecule has 0 atom stereocenters. The van der Waals surface area contributed by atoms with Gasteiger partial charge >= 0.3 is 0 Å². The molecule has 21 heavy (non-hydrogen) atoms. The van der Waals surface area contributed by atoms with E-state index in [0.717, 1.165) is 28.0 Å². The van der Waals surface area contributed by atoms with Crippen molar-refractivity contribution in [2.75, 3.05) is 11.1 Å². The summed E-state index contributed by atoms with van der Waals surface area (Å²) in [7, 11) is 0. The molecule has 0 saturated heterocycles. The molecule has 1 aromatic heterocycles. The topological polar surface area (TPSA) is 75.0 Å². The van der Waals surface area contributed by atoms with Crippen LogP contribution in [0.25, 0.3) is 11.0 Å². The molecule has 3 rings (SSSR count). The molecule has 0 amide bonds. The minimum Gasteiger partial charge on any atom is -0.459 e. The van der Waals surface area contributed by atoms with Crippen LogP contribution in [0.1, 0.15) is 16.9 Å². The normalized spacial score (nSPS) is 10.5. The molecule has 4 nitrogen and oxygen atoms in total. The minimum absolute atomic E-state index is 0.590. The minimum atomic E-state index is 0.590. The number of furan rings is 1. The number of nitrogens with two attached hydrogens (primary N) is 1. The first-order valence-electron chi connectivity index (χ1n) is 6.69. The molecule has 3 N–H and O–H groups in total. The standard InChI is InChI=1S/C17H15N3O/c1-11-15-7-4-13(19)8-16(15)21-17(11)10-20-14-5-2-12(9-18)3-6-14/h2-8,20H,10,19H2,1H3. The number of nitrogen functional groups attached to an aromatic ring is 1. The quantitative estimate of drug-likeness (QED) is 0.714. The van der Waals surface area contributed by atoms with Gasteiger partial charge in [0.2, 0.25) is 0 Å². The number of nitrogens with zero attached hydrogens (tertiary/aromatic N) is 1. The summed E-state index contributed by atoms with van der Waals surface area (Å²) in [6.07, 6.45) is 0. The van der Waals surface area contributed by atoms with Crippen LogP contribution in [0.4, 0.5) is 11.4 Å². The van der Waals surface area contributed by atoms with E-state index >= 15 is 0 Å². The van der Waals surface area contributed by atoms with Crippen molar-refractivity contribution in [2.24, 2.45) is 0 Å². The molecule has 4 heteroatoms. The largest absolute Gasteiger partial charge is 0.459 e. The summed E-state index contributed by atoms with van der Waals surface area (Å²) < 4.78 is 5.85. The van der Waals surface area contributed by atoms with Crippen LogP contribution >= 0.6 is 0 Å². The van der Waals surface area contributed by atoms with Crippen LogP contribution in [0.2, 0.25) is 0 Å². The molecule has 3 aromatic rings. The maximum Gasteiger partial charge on any atom is 0.136 e. The highest BCUT2D eigenvalue weighted by atomic mass is 16.3. The lowest BCUT2D eigenvalue weighted by Gasteiger charge is -2.04. The van der Waals surface area contributed by atoms with Gasteiger partial charge in [0.05, 0.1) is 18.2 Å². The molecular weight excluding hydrogens is 262 g/mol. The molecule has 2 aromatic carbocycles. The van der Waals surface area contributed by atoms with Gasteiger partial charge in [-0.15, -0.1) is 0 Å². The zero-order valence-electron chi connectivity index (χ0n) is 11.7. The Balaban J connectivity index is 1.81. The zero-order valence-corrected chi connectivity index (χ0v) is 11.7. The molecule has 0 saturated carbocycles. The number of rotatable bonds is 3. The second-order valence-electron chi connectivity index (χ2n) is 4.95. The van der Waals surface area contributed by atoms with E-state index < -0.39 is 0 Å². The van der Waals surface area contributed by atoms with Crippen molar-refractivity contribution in [3.05, 3.63) is 59.4 Å². The van der Waals surface area contributed by atoms with Gasteiger partial charge in [0.25, 0.3) is 0 Å². The van der Waals surface area contributed by atoms with E-state index in [2.05, 4.69) is 11.4 Å². The molecular formula is C17H15N3O. The number of aryl methyl sites for hydroxylation is 1. The Morgan fingerprint density at radius 1 is 1.19 bits per heavy atom. The van der Waals surface area contributed by atoms with Crippen LogP contribution < -0.4 is 11.1 Å². The molecule has 0 unspecified atom stereocenters. The molecule has 0 bridgehead atoms. The first kappa shape index (κ1) is 13.1. The third kappa shape index (κ3) is 2.54. The third-order valence-corrected chi connectivity index (χ3v) is 3.53. The summed E-state index contributed by atoms with van der Waals surface area (Å²) in [4.78, 5) is 0. The summed E-state index contributed by atoms with van der Waals surface area (Å²) in [5.41, 5.74) is 10.00. The summed E-state index contributed by atoms with van der Waals surface area (Å²) >= 11 is 0. The van der Waals surface area contributed by atoms with Crippen molar-refractivity contribution in [2.45, 2.75) is 13.5 Å². The molecule has 104 valence electrons. The van der Waals surface area contributed by atoms with E-state index in [1.165, 1.54) is 0 Å². The molecule has 0 aliphatic heterocycles. The Kier molecular flexibility index (Phi) is 3.25. The number of nitrogens with one attached hydrogen (secondary N) is 1. The van der Waals surface area contributed by atoms with Crippen LogP contribution in [0.5, 0.6) is 0 Å². The van der Waals surface area contributed by atoms with E-state index in [0.29, 0.717) is 17.8 Å². The maximum absolute atomic E-state index is 8.78. The average Bonchev–Trinajstić information content (AvgIpc) is 2.81. The van der Waals surface area contributed by atoms with E-state index in [9.17, 15) is 0 Å². The number of fused-ring (bicyclic) bond motifs is 1. The van der Waals surface area contributed by atoms with Gasteiger partial charge in [0.15, 0.2) is 0 Å². The predicted octanol–water partition coefficient (Wildman–Crippen LogP) is 3.81. The molecule has 1 heterocycles. The van der Waals surface area contributed by atoms with E-state index in [-0.39, 0.29) is 0 Å². The predicted molar refractivity (Wildman–Crippen MR) is 83.8 cm³/mol. The second-order valence-corrected chi connectivity index (χ2v) is 4.95. The lowest BCUT2D eigenvalue weighted by atomic mass is 10.1. The van der Waals surface area contributed by atoms with Gasteiger partial charge in [-0.1, -0.05) is 0 Å². The van der Waals surface area contributed by atoms with Gasteiger partial charge < -0.3 is 15.5 Å². The van der Waals surface area contributed by atoms with Gasteiger partial charge in [0, 0.05) is 28.4 Å². The molecule has 0 spiro atoms. The fourth-order valence-electron chi connectivity index (χ4n) is 2.31. The number of nitriles is 1. The fourth-order valence-corrected chi connectivity index (χ4v) is 2.31. The maximum atomic E-state index is 8.78. The highest BCUT2D eigenvalue weighted by molar-refractivity contribution is 5.84. The van der Waals surface area contributed by atoms with Crippen molar-refractivity contribution >= 4 is 22.3 Å². The van der Waals surface area contributed by atoms with Crippen LogP contribution in [-0.2, 0) is 6.54 Å². The van der Waals surface area contributed by atoms with Crippen LogP contribution in [-0.4, -0.2) is 0 Å². The van der Waals surface area contributed by atoms with Crippen LogP contribution in [0, 0.1) is 18.3 Å². The number of anilines is 2. The Hall–Kier alpha value is -2.93. The Bertz CT molecular complexity index is 826. The van der Waals surface area contributed by atoms with Crippen molar-refractivity contribution in [1.29, 1.82) is 5.26 Å². The molecule has 0 aliphatic rings. The van der Waals surface area contributed by atoms with Gasteiger partial charge in [0.1, 0.15) is 11.3 Å². The summed E-state index contributed by atoms with van der Waals surface area (Å²) in [6, 6.07) is 15.1. The van der Waals surface area contributed by atoms with Gasteiger partial charge in [-0.25, -0.2) is 0 Å². The first-order valence-corrected chi connectivity index (χ1v) is 6.69. The highest BCUT2D eigenvalue weighted by Gasteiger charge is 2.10. The number of hydrogen-bond acceptors (Lipinski definition) is 4.